The number of hydrogen-bond acceptors (Lipinski definition) is 2. The summed E-state index contributed by atoms with van der Waals surface area (Å²) in [4.78, 5) is 2.49. The van der Waals surface area contributed by atoms with Gasteiger partial charge in [-0.05, 0) is 49.5 Å². The second-order valence-corrected chi connectivity index (χ2v) is 6.51. The molecular weight excluding hydrogens is 291 g/mol. The van der Waals surface area contributed by atoms with Crippen molar-refractivity contribution in [1.82, 2.24) is 4.90 Å². The monoisotopic (exact) mass is 314 g/mol. The number of hydrogen-bond donors (Lipinski definition) is 1. The van der Waals surface area contributed by atoms with E-state index in [0.29, 0.717) is 16.6 Å². The molecule has 0 bridgehead atoms. The molecular formula is C16H24Cl2N2. The van der Waals surface area contributed by atoms with Gasteiger partial charge < -0.3 is 5.73 Å². The van der Waals surface area contributed by atoms with E-state index in [1.807, 2.05) is 18.2 Å². The molecule has 0 amide bonds. The lowest BCUT2D eigenvalue weighted by atomic mass is 9.91. The Balaban J connectivity index is 2.03. The van der Waals surface area contributed by atoms with Crippen molar-refractivity contribution in [2.24, 2.45) is 11.7 Å². The van der Waals surface area contributed by atoms with Crippen LogP contribution in [0.3, 0.4) is 0 Å². The Morgan fingerprint density at radius 1 is 1.25 bits per heavy atom. The molecule has 0 aliphatic carbocycles. The van der Waals surface area contributed by atoms with E-state index in [0.717, 1.165) is 19.0 Å². The number of rotatable bonds is 5. The molecule has 2 N–H and O–H groups in total. The Hall–Kier alpha value is -0.280. The molecule has 1 unspecified atom stereocenters. The van der Waals surface area contributed by atoms with Crippen molar-refractivity contribution in [2.75, 3.05) is 19.6 Å². The normalized spacial score (nSPS) is 19.2. The lowest BCUT2D eigenvalue weighted by Gasteiger charge is -2.37. The van der Waals surface area contributed by atoms with Gasteiger partial charge >= 0.3 is 0 Å². The zero-order chi connectivity index (χ0) is 14.5. The summed E-state index contributed by atoms with van der Waals surface area (Å²) in [6, 6.07) is 6.13. The van der Waals surface area contributed by atoms with Crippen LogP contribution in [0.4, 0.5) is 0 Å². The average Bonchev–Trinajstić information content (AvgIpc) is 2.46. The first kappa shape index (κ1) is 16.1. The summed E-state index contributed by atoms with van der Waals surface area (Å²) in [7, 11) is 0. The molecule has 1 aromatic carbocycles. The predicted octanol–water partition coefficient (Wildman–Crippen LogP) is 4.51. The Bertz CT molecular complexity index is 428. The van der Waals surface area contributed by atoms with Crippen molar-refractivity contribution in [2.45, 2.75) is 38.6 Å². The van der Waals surface area contributed by atoms with Crippen molar-refractivity contribution in [3.63, 3.8) is 0 Å². The first-order valence-corrected chi connectivity index (χ1v) is 8.30. The van der Waals surface area contributed by atoms with Gasteiger partial charge in [0.05, 0.1) is 10.0 Å². The van der Waals surface area contributed by atoms with Crippen LogP contribution in [0.1, 0.15) is 44.2 Å². The zero-order valence-electron chi connectivity index (χ0n) is 12.1. The maximum Gasteiger partial charge on any atom is 0.0595 e. The fourth-order valence-corrected chi connectivity index (χ4v) is 3.48. The molecule has 20 heavy (non-hydrogen) atoms. The van der Waals surface area contributed by atoms with E-state index in [-0.39, 0.29) is 6.04 Å². The van der Waals surface area contributed by atoms with Gasteiger partial charge in [0.1, 0.15) is 0 Å². The smallest absolute Gasteiger partial charge is 0.0595 e. The number of piperidine rings is 1. The van der Waals surface area contributed by atoms with Gasteiger partial charge in [0.25, 0.3) is 0 Å². The molecule has 0 aromatic heterocycles. The van der Waals surface area contributed by atoms with Crippen LogP contribution in [0.25, 0.3) is 0 Å². The minimum Gasteiger partial charge on any atom is -0.329 e. The third-order valence-corrected chi connectivity index (χ3v) is 5.08. The van der Waals surface area contributed by atoms with Gasteiger partial charge in [-0.3, -0.25) is 4.90 Å². The highest BCUT2D eigenvalue weighted by atomic mass is 35.5. The van der Waals surface area contributed by atoms with E-state index in [1.54, 1.807) is 0 Å². The van der Waals surface area contributed by atoms with Gasteiger partial charge in [-0.1, -0.05) is 49.0 Å². The molecule has 1 atom stereocenters. The number of nitrogens with zero attached hydrogens (tertiary/aromatic N) is 1. The SMILES string of the molecule is CCCC1CCN(C(CN)c2ccc(Cl)c(Cl)c2)CC1. The molecule has 112 valence electrons. The van der Waals surface area contributed by atoms with E-state index in [1.165, 1.54) is 31.2 Å². The highest BCUT2D eigenvalue weighted by Crippen LogP contribution is 2.31. The van der Waals surface area contributed by atoms with E-state index in [9.17, 15) is 0 Å². The minimum absolute atomic E-state index is 0.257. The Kier molecular flexibility index (Phi) is 6.16. The largest absolute Gasteiger partial charge is 0.329 e. The molecule has 2 rings (SSSR count). The fourth-order valence-electron chi connectivity index (χ4n) is 3.18. The maximum absolute atomic E-state index is 6.13. The van der Waals surface area contributed by atoms with Crippen LogP contribution in [0, 0.1) is 5.92 Å². The highest BCUT2D eigenvalue weighted by molar-refractivity contribution is 6.42. The molecule has 0 spiro atoms. The molecule has 1 fully saturated rings. The standard InChI is InChI=1S/C16H24Cl2N2/c1-2-3-12-6-8-20(9-7-12)16(11-19)13-4-5-14(17)15(18)10-13/h4-5,10,12,16H,2-3,6-9,11,19H2,1H3. The van der Waals surface area contributed by atoms with Crippen LogP contribution in [-0.2, 0) is 0 Å². The maximum atomic E-state index is 6.13. The van der Waals surface area contributed by atoms with Crippen LogP contribution < -0.4 is 5.73 Å². The third kappa shape index (κ3) is 3.88. The number of likely N-dealkylation sites (tertiary alicyclic amines) is 1. The predicted molar refractivity (Wildman–Crippen MR) is 87.5 cm³/mol. The van der Waals surface area contributed by atoms with Crippen LogP contribution >= 0.6 is 23.2 Å². The van der Waals surface area contributed by atoms with Crippen LogP contribution in [-0.4, -0.2) is 24.5 Å². The van der Waals surface area contributed by atoms with E-state index in [4.69, 9.17) is 28.9 Å². The van der Waals surface area contributed by atoms with Gasteiger partial charge in [0, 0.05) is 12.6 Å². The number of nitrogens with two attached hydrogens (primary N) is 1. The summed E-state index contributed by atoms with van der Waals surface area (Å²) in [6.45, 7) is 5.15. The highest BCUT2D eigenvalue weighted by Gasteiger charge is 2.25. The Morgan fingerprint density at radius 3 is 2.50 bits per heavy atom. The molecule has 1 saturated heterocycles. The molecule has 2 nitrogen and oxygen atoms in total. The van der Waals surface area contributed by atoms with Crippen molar-refractivity contribution in [3.05, 3.63) is 33.8 Å². The molecule has 1 heterocycles. The van der Waals surface area contributed by atoms with E-state index >= 15 is 0 Å². The molecule has 4 heteroatoms. The Morgan fingerprint density at radius 2 is 1.95 bits per heavy atom. The summed E-state index contributed by atoms with van der Waals surface area (Å²) in [5.74, 6) is 0.892. The molecule has 1 aromatic rings. The molecule has 0 saturated carbocycles. The van der Waals surface area contributed by atoms with E-state index < -0.39 is 0 Å². The van der Waals surface area contributed by atoms with Crippen LogP contribution in [0.2, 0.25) is 10.0 Å². The zero-order valence-corrected chi connectivity index (χ0v) is 13.6. The average molecular weight is 315 g/mol. The molecule has 1 aliphatic rings. The van der Waals surface area contributed by atoms with E-state index in [2.05, 4.69) is 11.8 Å². The third-order valence-electron chi connectivity index (χ3n) is 4.34. The fraction of sp³-hybridized carbons (Fsp3) is 0.625. The second-order valence-electron chi connectivity index (χ2n) is 5.69. The lowest BCUT2D eigenvalue weighted by molar-refractivity contribution is 0.132. The summed E-state index contributed by atoms with van der Waals surface area (Å²) in [5, 5.41) is 1.22. The number of halogens is 2. The van der Waals surface area contributed by atoms with Gasteiger partial charge in [0.15, 0.2) is 0 Å². The van der Waals surface area contributed by atoms with Gasteiger partial charge in [-0.15, -0.1) is 0 Å². The van der Waals surface area contributed by atoms with Crippen molar-refractivity contribution >= 4 is 23.2 Å². The van der Waals surface area contributed by atoms with Gasteiger partial charge in [-0.2, -0.15) is 0 Å². The lowest BCUT2D eigenvalue weighted by Crippen LogP contribution is -2.39. The van der Waals surface area contributed by atoms with Crippen molar-refractivity contribution in [3.8, 4) is 0 Å². The van der Waals surface area contributed by atoms with Crippen LogP contribution in [0.15, 0.2) is 18.2 Å². The minimum atomic E-state index is 0.257. The number of benzene rings is 1. The topological polar surface area (TPSA) is 29.3 Å². The molecule has 0 radical (unpaired) electrons. The Labute approximate surface area is 132 Å². The second kappa shape index (κ2) is 7.65. The van der Waals surface area contributed by atoms with Crippen molar-refractivity contribution < 1.29 is 0 Å². The summed E-state index contributed by atoms with van der Waals surface area (Å²) >= 11 is 12.1. The summed E-state index contributed by atoms with van der Waals surface area (Å²) in [6.07, 6.45) is 5.21. The summed E-state index contributed by atoms with van der Waals surface area (Å²) < 4.78 is 0. The first-order chi connectivity index (χ1) is 9.65. The van der Waals surface area contributed by atoms with Crippen LogP contribution in [0.5, 0.6) is 0 Å². The molecule has 1 aliphatic heterocycles. The van der Waals surface area contributed by atoms with Gasteiger partial charge in [-0.25, -0.2) is 0 Å². The van der Waals surface area contributed by atoms with Gasteiger partial charge in [0.2, 0.25) is 0 Å². The first-order valence-electron chi connectivity index (χ1n) is 7.54. The quantitative estimate of drug-likeness (QED) is 0.866. The van der Waals surface area contributed by atoms with Crippen molar-refractivity contribution in [1.29, 1.82) is 0 Å². The summed E-state index contributed by atoms with van der Waals surface area (Å²) in [5.41, 5.74) is 7.18.